The molecule has 0 aliphatic carbocycles. The van der Waals surface area contributed by atoms with Gasteiger partial charge in [-0.2, -0.15) is 0 Å². The third-order valence-corrected chi connectivity index (χ3v) is 3.46. The molecule has 7 nitrogen and oxygen atoms in total. The van der Waals surface area contributed by atoms with Crippen LogP contribution < -0.4 is 0 Å². The summed E-state index contributed by atoms with van der Waals surface area (Å²) in [7, 11) is 0. The summed E-state index contributed by atoms with van der Waals surface area (Å²) in [5.41, 5.74) is 0.314. The molecule has 0 saturated carbocycles. The number of esters is 2. The number of hydrogen-bond acceptors (Lipinski definition) is 8. The predicted octanol–water partition coefficient (Wildman–Crippen LogP) is 2.24. The molecule has 8 heteroatoms. The highest BCUT2D eigenvalue weighted by Crippen LogP contribution is 2.35. The van der Waals surface area contributed by atoms with Gasteiger partial charge in [-0.15, -0.1) is 0 Å². The van der Waals surface area contributed by atoms with E-state index in [0.717, 1.165) is 0 Å². The lowest BCUT2D eigenvalue weighted by Crippen LogP contribution is -2.29. The summed E-state index contributed by atoms with van der Waals surface area (Å²) in [5, 5.41) is 2.27. The van der Waals surface area contributed by atoms with Crippen molar-refractivity contribution in [2.45, 2.75) is 39.0 Å². The molecule has 0 unspecified atom stereocenters. The number of thiocarbonyl (C=S) groups is 1. The van der Waals surface area contributed by atoms with Crippen molar-refractivity contribution in [2.24, 2.45) is 4.99 Å². The molecule has 0 spiro atoms. The number of hydrogen-bond donors (Lipinski definition) is 0. The van der Waals surface area contributed by atoms with E-state index in [2.05, 4.69) is 22.4 Å². The number of isothiocyanates is 1. The van der Waals surface area contributed by atoms with Gasteiger partial charge in [0.05, 0.1) is 18.4 Å². The molecule has 23 heavy (non-hydrogen) atoms. The number of carbonyl (C=O) groups is 2. The number of ether oxygens (including phenoxy) is 3. The Morgan fingerprint density at radius 3 is 2.87 bits per heavy atom. The Kier molecular flexibility index (Phi) is 5.65. The van der Waals surface area contributed by atoms with Gasteiger partial charge in [0.2, 0.25) is 0 Å². The van der Waals surface area contributed by atoms with Crippen LogP contribution in [0, 0.1) is 6.92 Å². The zero-order chi connectivity index (χ0) is 17.0. The second-order valence-corrected chi connectivity index (χ2v) is 5.14. The number of aliphatic imine (C=N–C) groups is 1. The van der Waals surface area contributed by atoms with Crippen LogP contribution in [0.5, 0.6) is 0 Å². The third kappa shape index (κ3) is 3.85. The Morgan fingerprint density at radius 1 is 1.52 bits per heavy atom. The van der Waals surface area contributed by atoms with Gasteiger partial charge >= 0.3 is 11.9 Å². The zero-order valence-corrected chi connectivity index (χ0v) is 13.8. The van der Waals surface area contributed by atoms with E-state index in [4.69, 9.17) is 18.6 Å². The zero-order valence-electron chi connectivity index (χ0n) is 13.0. The normalized spacial score (nSPS) is 23.2. The average Bonchev–Trinajstić information content (AvgIpc) is 3.03. The molecule has 1 fully saturated rings. The van der Waals surface area contributed by atoms with Crippen LogP contribution in [0.2, 0.25) is 0 Å². The van der Waals surface area contributed by atoms with Gasteiger partial charge in [0, 0.05) is 6.92 Å². The Balaban J connectivity index is 2.29. The first-order valence-electron chi connectivity index (χ1n) is 7.11. The maximum atomic E-state index is 11.9. The highest BCUT2D eigenvalue weighted by atomic mass is 32.1. The minimum Gasteiger partial charge on any atom is -0.463 e. The molecule has 1 aromatic heterocycles. The van der Waals surface area contributed by atoms with E-state index >= 15 is 0 Å². The topological polar surface area (TPSA) is 87.3 Å². The van der Waals surface area contributed by atoms with Crippen LogP contribution >= 0.6 is 12.2 Å². The van der Waals surface area contributed by atoms with Crippen LogP contribution in [-0.4, -0.2) is 42.5 Å². The first kappa shape index (κ1) is 17.3. The van der Waals surface area contributed by atoms with Gasteiger partial charge in [-0.3, -0.25) is 4.79 Å². The third-order valence-electron chi connectivity index (χ3n) is 3.36. The van der Waals surface area contributed by atoms with Crippen LogP contribution in [0.15, 0.2) is 15.5 Å². The molecule has 1 aliphatic rings. The smallest absolute Gasteiger partial charge is 0.341 e. The van der Waals surface area contributed by atoms with Gasteiger partial charge in [-0.25, -0.2) is 9.79 Å². The summed E-state index contributed by atoms with van der Waals surface area (Å²) < 4.78 is 21.5. The van der Waals surface area contributed by atoms with Gasteiger partial charge in [0.1, 0.15) is 23.1 Å². The fraction of sp³-hybridized carbons (Fsp3) is 0.533. The van der Waals surface area contributed by atoms with Gasteiger partial charge < -0.3 is 18.6 Å². The molecule has 3 atom stereocenters. The monoisotopic (exact) mass is 339 g/mol. The molecule has 1 saturated heterocycles. The molecule has 2 rings (SSSR count). The molecule has 0 amide bonds. The van der Waals surface area contributed by atoms with Crippen molar-refractivity contribution in [3.8, 4) is 0 Å². The molecular weight excluding hydrogens is 322 g/mol. The number of rotatable bonds is 5. The quantitative estimate of drug-likeness (QED) is 0.462. The summed E-state index contributed by atoms with van der Waals surface area (Å²) in [5.74, 6) is -0.163. The number of aryl methyl sites for hydroxylation is 1. The van der Waals surface area contributed by atoms with Crippen LogP contribution in [0.3, 0.4) is 0 Å². The van der Waals surface area contributed by atoms with Gasteiger partial charge in [0.15, 0.2) is 12.2 Å². The molecule has 0 radical (unpaired) electrons. The van der Waals surface area contributed by atoms with Crippen LogP contribution in [-0.2, 0) is 19.0 Å². The molecule has 0 aromatic carbocycles. The summed E-state index contributed by atoms with van der Waals surface area (Å²) in [4.78, 5) is 27.1. The van der Waals surface area contributed by atoms with E-state index in [-0.39, 0.29) is 13.2 Å². The molecule has 1 aromatic rings. The van der Waals surface area contributed by atoms with E-state index in [1.807, 2.05) is 0 Å². The molecule has 1 aliphatic heterocycles. The van der Waals surface area contributed by atoms with Crippen molar-refractivity contribution in [2.75, 3.05) is 13.2 Å². The highest BCUT2D eigenvalue weighted by molar-refractivity contribution is 7.78. The lowest BCUT2D eigenvalue weighted by Gasteiger charge is -2.18. The van der Waals surface area contributed by atoms with Crippen molar-refractivity contribution in [1.82, 2.24) is 0 Å². The second-order valence-electron chi connectivity index (χ2n) is 4.95. The van der Waals surface area contributed by atoms with Gasteiger partial charge in [-0.05, 0) is 32.1 Å². The SMILES string of the molecule is CCOC(=O)c1cc([C@H]2OC[C@H](N=C=S)[C@H]2OC(C)=O)oc1C. The predicted molar refractivity (Wildman–Crippen MR) is 82.5 cm³/mol. The molecule has 0 N–H and O–H groups in total. The summed E-state index contributed by atoms with van der Waals surface area (Å²) in [6.45, 7) is 5.14. The standard InChI is InChI=1S/C15H17NO6S/c1-4-19-15(18)10-5-12(21-8(10)2)14-13(22-9(3)17)11(6-20-14)16-7-23/h5,11,13-14H,4,6H2,1-3H3/t11-,13+,14+/m0/s1. The van der Waals surface area contributed by atoms with Crippen LogP contribution in [0.25, 0.3) is 0 Å². The number of furan rings is 1. The van der Waals surface area contributed by atoms with Crippen molar-refractivity contribution in [3.63, 3.8) is 0 Å². The first-order valence-corrected chi connectivity index (χ1v) is 7.52. The maximum absolute atomic E-state index is 11.9. The van der Waals surface area contributed by atoms with E-state index in [0.29, 0.717) is 17.1 Å². The molecular formula is C15H17NO6S. The van der Waals surface area contributed by atoms with Crippen molar-refractivity contribution >= 4 is 29.3 Å². The van der Waals surface area contributed by atoms with E-state index in [1.165, 1.54) is 13.0 Å². The van der Waals surface area contributed by atoms with Crippen LogP contribution in [0.1, 0.15) is 41.8 Å². The highest BCUT2D eigenvalue weighted by Gasteiger charge is 2.43. The van der Waals surface area contributed by atoms with E-state index in [1.54, 1.807) is 13.8 Å². The fourth-order valence-corrected chi connectivity index (χ4v) is 2.54. The summed E-state index contributed by atoms with van der Waals surface area (Å²) in [6, 6.07) is 1.08. The number of carbonyl (C=O) groups excluding carboxylic acids is 2. The van der Waals surface area contributed by atoms with Crippen molar-refractivity contribution < 1.29 is 28.2 Å². The Morgan fingerprint density at radius 2 is 2.26 bits per heavy atom. The lowest BCUT2D eigenvalue weighted by molar-refractivity contribution is -0.150. The Bertz CT molecular complexity index is 648. The van der Waals surface area contributed by atoms with Gasteiger partial charge in [-0.1, -0.05) is 0 Å². The fourth-order valence-electron chi connectivity index (χ4n) is 2.40. The largest absolute Gasteiger partial charge is 0.463 e. The van der Waals surface area contributed by atoms with Crippen molar-refractivity contribution in [1.29, 1.82) is 0 Å². The maximum Gasteiger partial charge on any atom is 0.341 e. The molecule has 124 valence electrons. The van der Waals surface area contributed by atoms with Crippen molar-refractivity contribution in [3.05, 3.63) is 23.2 Å². The molecule has 0 bridgehead atoms. The molecule has 2 heterocycles. The average molecular weight is 339 g/mol. The van der Waals surface area contributed by atoms with Crippen LogP contribution in [0.4, 0.5) is 0 Å². The lowest BCUT2D eigenvalue weighted by atomic mass is 10.1. The number of nitrogens with zero attached hydrogens (tertiary/aromatic N) is 1. The Hall–Kier alpha value is -2.02. The minimum atomic E-state index is -0.691. The van der Waals surface area contributed by atoms with E-state index < -0.39 is 30.2 Å². The Labute approximate surface area is 138 Å². The summed E-state index contributed by atoms with van der Waals surface area (Å²) >= 11 is 4.60. The first-order chi connectivity index (χ1) is 11.0. The summed E-state index contributed by atoms with van der Waals surface area (Å²) in [6.07, 6.45) is -1.36. The minimum absolute atomic E-state index is 0.209. The van der Waals surface area contributed by atoms with E-state index in [9.17, 15) is 9.59 Å². The second kappa shape index (κ2) is 7.50. The van der Waals surface area contributed by atoms with Gasteiger partial charge in [0.25, 0.3) is 0 Å².